The first kappa shape index (κ1) is 13.8. The molecule has 0 aromatic heterocycles. The van der Waals surface area contributed by atoms with Crippen molar-refractivity contribution in [1.82, 2.24) is 0 Å². The lowest BCUT2D eigenvalue weighted by atomic mass is 9.73. The summed E-state index contributed by atoms with van der Waals surface area (Å²) in [6.45, 7) is 5.81. The molecule has 1 fully saturated rings. The summed E-state index contributed by atoms with van der Waals surface area (Å²) in [6, 6.07) is 6.16. The maximum absolute atomic E-state index is 13.1. The Morgan fingerprint density at radius 3 is 2.60 bits per heavy atom. The van der Waals surface area contributed by atoms with Gasteiger partial charge in [-0.3, -0.25) is 4.79 Å². The summed E-state index contributed by atoms with van der Waals surface area (Å²) in [4.78, 5) is 13.1. The van der Waals surface area contributed by atoms with Crippen molar-refractivity contribution in [2.24, 2.45) is 11.3 Å². The number of ether oxygens (including phenoxy) is 1. The first-order chi connectivity index (χ1) is 9.61. The van der Waals surface area contributed by atoms with Crippen molar-refractivity contribution < 1.29 is 9.53 Å². The third-order valence-corrected chi connectivity index (χ3v) is 4.82. The fourth-order valence-electron chi connectivity index (χ4n) is 3.98. The van der Waals surface area contributed by atoms with Crippen molar-refractivity contribution in [3.05, 3.63) is 34.9 Å². The minimum absolute atomic E-state index is 0.0954. The summed E-state index contributed by atoms with van der Waals surface area (Å²) in [5.74, 6) is 0.952. The van der Waals surface area contributed by atoms with Crippen LogP contribution in [-0.2, 0) is 18.0 Å². The van der Waals surface area contributed by atoms with Crippen molar-refractivity contribution in [2.75, 3.05) is 0 Å². The monoisotopic (exact) mass is 272 g/mol. The molecule has 0 N–H and O–H groups in total. The van der Waals surface area contributed by atoms with Crippen molar-refractivity contribution in [1.29, 1.82) is 0 Å². The van der Waals surface area contributed by atoms with Crippen LogP contribution in [0.1, 0.15) is 67.4 Å². The molecule has 1 aromatic carbocycles. The molecule has 0 bridgehead atoms. The number of carbonyl (C=O) groups excluding carboxylic acids is 1. The van der Waals surface area contributed by atoms with E-state index in [1.807, 2.05) is 6.07 Å². The zero-order valence-corrected chi connectivity index (χ0v) is 12.6. The van der Waals surface area contributed by atoms with Crippen molar-refractivity contribution >= 4 is 5.78 Å². The molecular formula is C18H24O2. The second-order valence-corrected chi connectivity index (χ2v) is 6.89. The number of carbonyl (C=O) groups is 1. The van der Waals surface area contributed by atoms with Crippen molar-refractivity contribution in [3.63, 3.8) is 0 Å². The molecule has 2 nitrogen and oxygen atoms in total. The molecule has 1 saturated carbocycles. The molecular weight excluding hydrogens is 248 g/mol. The quantitative estimate of drug-likeness (QED) is 0.754. The zero-order chi connectivity index (χ0) is 14.2. The Bertz CT molecular complexity index is 510. The number of ketones is 1. The molecule has 0 unspecified atom stereocenters. The highest BCUT2D eigenvalue weighted by atomic mass is 16.5. The van der Waals surface area contributed by atoms with Gasteiger partial charge in [0.25, 0.3) is 0 Å². The van der Waals surface area contributed by atoms with Gasteiger partial charge in [-0.1, -0.05) is 38.8 Å². The molecule has 1 aromatic rings. The van der Waals surface area contributed by atoms with E-state index in [1.54, 1.807) is 0 Å². The lowest BCUT2D eigenvalue weighted by molar-refractivity contribution is 0.0759. The lowest BCUT2D eigenvalue weighted by Crippen LogP contribution is -2.30. The summed E-state index contributed by atoms with van der Waals surface area (Å²) in [6.07, 6.45) is 5.56. The van der Waals surface area contributed by atoms with Crippen molar-refractivity contribution in [2.45, 2.75) is 59.2 Å². The van der Waals surface area contributed by atoms with Crippen LogP contribution in [0.15, 0.2) is 18.2 Å². The van der Waals surface area contributed by atoms with E-state index in [-0.39, 0.29) is 5.41 Å². The van der Waals surface area contributed by atoms with Crippen LogP contribution in [0.3, 0.4) is 0 Å². The number of fused-ring (bicyclic) bond motifs is 1. The van der Waals surface area contributed by atoms with Gasteiger partial charge in [0.1, 0.15) is 0 Å². The molecule has 2 aliphatic rings. The molecule has 108 valence electrons. The third kappa shape index (κ3) is 2.42. The number of hydrogen-bond donors (Lipinski definition) is 0. The highest BCUT2D eigenvalue weighted by Gasteiger charge is 2.41. The van der Waals surface area contributed by atoms with E-state index in [9.17, 15) is 4.79 Å². The standard InChI is InChI=1S/C18H24O2/c1-13(2)10-18(7-3-4-8-18)17(19)14-5-6-15-11-20-12-16(15)9-14/h5-6,9,13H,3-4,7-8,10-12H2,1-2H3. The van der Waals surface area contributed by atoms with Gasteiger partial charge < -0.3 is 4.74 Å². The van der Waals surface area contributed by atoms with Crippen LogP contribution in [-0.4, -0.2) is 5.78 Å². The highest BCUT2D eigenvalue weighted by Crippen LogP contribution is 2.45. The number of benzene rings is 1. The Kier molecular flexibility index (Phi) is 3.68. The smallest absolute Gasteiger partial charge is 0.169 e. The van der Waals surface area contributed by atoms with E-state index >= 15 is 0 Å². The van der Waals surface area contributed by atoms with Gasteiger partial charge >= 0.3 is 0 Å². The van der Waals surface area contributed by atoms with Crippen LogP contribution >= 0.6 is 0 Å². The molecule has 2 heteroatoms. The van der Waals surface area contributed by atoms with E-state index in [2.05, 4.69) is 26.0 Å². The normalized spacial score (nSPS) is 20.4. The maximum atomic E-state index is 13.1. The van der Waals surface area contributed by atoms with Gasteiger partial charge in [0.2, 0.25) is 0 Å². The second kappa shape index (κ2) is 5.33. The number of hydrogen-bond acceptors (Lipinski definition) is 2. The van der Waals surface area contributed by atoms with E-state index in [4.69, 9.17) is 4.74 Å². The average molecular weight is 272 g/mol. The van der Waals surface area contributed by atoms with E-state index in [1.165, 1.54) is 24.0 Å². The second-order valence-electron chi connectivity index (χ2n) is 6.89. The van der Waals surface area contributed by atoms with Gasteiger partial charge in [0.15, 0.2) is 5.78 Å². The first-order valence-corrected chi connectivity index (χ1v) is 7.85. The topological polar surface area (TPSA) is 26.3 Å². The molecule has 1 aliphatic carbocycles. The van der Waals surface area contributed by atoms with Crippen LogP contribution in [0.5, 0.6) is 0 Å². The predicted octanol–water partition coefficient (Wildman–Crippen LogP) is 4.51. The molecule has 0 saturated heterocycles. The Morgan fingerprint density at radius 2 is 1.90 bits per heavy atom. The lowest BCUT2D eigenvalue weighted by Gasteiger charge is -2.29. The Balaban J connectivity index is 1.90. The summed E-state index contributed by atoms with van der Waals surface area (Å²) >= 11 is 0. The highest BCUT2D eigenvalue weighted by molar-refractivity contribution is 6.01. The summed E-state index contributed by atoms with van der Waals surface area (Å²) in [7, 11) is 0. The molecule has 0 spiro atoms. The van der Waals surface area contributed by atoms with Crippen LogP contribution in [0, 0.1) is 11.3 Å². The van der Waals surface area contributed by atoms with Gasteiger partial charge in [0.05, 0.1) is 13.2 Å². The largest absolute Gasteiger partial charge is 0.372 e. The molecule has 0 radical (unpaired) electrons. The molecule has 20 heavy (non-hydrogen) atoms. The van der Waals surface area contributed by atoms with Gasteiger partial charge in [0, 0.05) is 11.0 Å². The zero-order valence-electron chi connectivity index (χ0n) is 12.6. The Hall–Kier alpha value is -1.15. The minimum Gasteiger partial charge on any atom is -0.372 e. The van der Waals surface area contributed by atoms with Gasteiger partial charge in [-0.05, 0) is 42.4 Å². The first-order valence-electron chi connectivity index (χ1n) is 7.85. The molecule has 3 rings (SSSR count). The minimum atomic E-state index is -0.0954. The number of Topliss-reactive ketones (excluding diaryl/α,β-unsaturated/α-hetero) is 1. The van der Waals surface area contributed by atoms with E-state index < -0.39 is 0 Å². The molecule has 0 amide bonds. The van der Waals surface area contributed by atoms with E-state index in [0.717, 1.165) is 24.8 Å². The summed E-state index contributed by atoms with van der Waals surface area (Å²) < 4.78 is 5.45. The fourth-order valence-corrected chi connectivity index (χ4v) is 3.98. The van der Waals surface area contributed by atoms with Crippen molar-refractivity contribution in [3.8, 4) is 0 Å². The maximum Gasteiger partial charge on any atom is 0.169 e. The van der Waals surface area contributed by atoms with Gasteiger partial charge in [-0.15, -0.1) is 0 Å². The van der Waals surface area contributed by atoms with Crippen LogP contribution in [0.2, 0.25) is 0 Å². The average Bonchev–Trinajstić information content (AvgIpc) is 3.05. The Morgan fingerprint density at radius 1 is 1.20 bits per heavy atom. The van der Waals surface area contributed by atoms with Gasteiger partial charge in [-0.2, -0.15) is 0 Å². The van der Waals surface area contributed by atoms with Gasteiger partial charge in [-0.25, -0.2) is 0 Å². The molecule has 0 atom stereocenters. The van der Waals surface area contributed by atoms with Crippen LogP contribution in [0.25, 0.3) is 0 Å². The Labute approximate surface area is 121 Å². The molecule has 1 heterocycles. The van der Waals surface area contributed by atoms with Crippen LogP contribution in [0.4, 0.5) is 0 Å². The van der Waals surface area contributed by atoms with E-state index in [0.29, 0.717) is 24.9 Å². The number of rotatable bonds is 4. The summed E-state index contributed by atoms with van der Waals surface area (Å²) in [5.41, 5.74) is 3.25. The molecule has 1 aliphatic heterocycles. The predicted molar refractivity (Wildman–Crippen MR) is 79.6 cm³/mol. The van der Waals surface area contributed by atoms with Crippen LogP contribution < -0.4 is 0 Å². The fraction of sp³-hybridized carbons (Fsp3) is 0.611. The SMILES string of the molecule is CC(C)CC1(C(=O)c2ccc3c(c2)COC3)CCCC1. The third-order valence-electron chi connectivity index (χ3n) is 4.82. The summed E-state index contributed by atoms with van der Waals surface area (Å²) in [5, 5.41) is 0.